The summed E-state index contributed by atoms with van der Waals surface area (Å²) in [4.78, 5) is 15.9. The molecule has 98 valence electrons. The number of aliphatic imine (C=N–C) groups is 1. The van der Waals surface area contributed by atoms with Gasteiger partial charge in [0, 0.05) is 16.8 Å². The van der Waals surface area contributed by atoms with Crippen molar-refractivity contribution in [2.45, 2.75) is 52.1 Å². The summed E-state index contributed by atoms with van der Waals surface area (Å²) in [7, 11) is 0. The first-order valence-electron chi connectivity index (χ1n) is 6.00. The van der Waals surface area contributed by atoms with E-state index in [4.69, 9.17) is 0 Å². The molecule has 0 aromatic carbocycles. The molecule has 1 rings (SSSR count). The molecule has 0 bridgehead atoms. The highest BCUT2D eigenvalue weighted by atomic mass is 32.2. The number of hydrogen-bond acceptors (Lipinski definition) is 3. The summed E-state index contributed by atoms with van der Waals surface area (Å²) in [6, 6.07) is 0. The van der Waals surface area contributed by atoms with Crippen LogP contribution < -0.4 is 10.6 Å². The van der Waals surface area contributed by atoms with Crippen molar-refractivity contribution in [3.63, 3.8) is 0 Å². The van der Waals surface area contributed by atoms with Gasteiger partial charge in [0.05, 0.1) is 0 Å². The highest BCUT2D eigenvalue weighted by Gasteiger charge is 2.30. The maximum Gasteiger partial charge on any atom is 0.242 e. The van der Waals surface area contributed by atoms with Crippen molar-refractivity contribution < 1.29 is 4.79 Å². The average molecular weight is 257 g/mol. The Bertz CT molecular complexity index is 322. The molecule has 0 radical (unpaired) electrons. The number of amides is 1. The van der Waals surface area contributed by atoms with Gasteiger partial charge in [0.15, 0.2) is 5.17 Å². The number of nitrogens with one attached hydrogen (secondary N) is 2. The zero-order valence-electron chi connectivity index (χ0n) is 11.4. The molecule has 17 heavy (non-hydrogen) atoms. The Morgan fingerprint density at radius 3 is 2.71 bits per heavy atom. The fourth-order valence-corrected chi connectivity index (χ4v) is 2.64. The molecule has 1 unspecified atom stereocenters. The quantitative estimate of drug-likeness (QED) is 0.810. The number of carbonyl (C=O) groups excluding carboxylic acids is 1. The predicted molar refractivity (Wildman–Crippen MR) is 74.5 cm³/mol. The van der Waals surface area contributed by atoms with Crippen LogP contribution in [0.4, 0.5) is 0 Å². The lowest BCUT2D eigenvalue weighted by Gasteiger charge is -2.21. The van der Waals surface area contributed by atoms with Crippen LogP contribution in [0.15, 0.2) is 4.99 Å². The summed E-state index contributed by atoms with van der Waals surface area (Å²) < 4.78 is 0. The van der Waals surface area contributed by atoms with Crippen LogP contribution in [0.3, 0.4) is 0 Å². The van der Waals surface area contributed by atoms with E-state index in [0.29, 0.717) is 0 Å². The molecule has 1 amide bonds. The van der Waals surface area contributed by atoms with Crippen molar-refractivity contribution in [1.82, 2.24) is 10.6 Å². The van der Waals surface area contributed by atoms with Gasteiger partial charge in [-0.1, -0.05) is 18.7 Å². The van der Waals surface area contributed by atoms with E-state index >= 15 is 0 Å². The van der Waals surface area contributed by atoms with E-state index in [2.05, 4.69) is 29.5 Å². The van der Waals surface area contributed by atoms with Gasteiger partial charge in [-0.3, -0.25) is 9.79 Å². The van der Waals surface area contributed by atoms with Gasteiger partial charge in [0.1, 0.15) is 6.54 Å². The van der Waals surface area contributed by atoms with Crippen LogP contribution >= 0.6 is 11.8 Å². The minimum atomic E-state index is -0.189. The molecular formula is C12H23N3OS. The smallest absolute Gasteiger partial charge is 0.242 e. The molecule has 1 aliphatic heterocycles. The highest BCUT2D eigenvalue weighted by molar-refractivity contribution is 8.14. The minimum Gasteiger partial charge on any atom is -0.359 e. The molecule has 0 saturated carbocycles. The second-order valence-electron chi connectivity index (χ2n) is 5.75. The van der Waals surface area contributed by atoms with Gasteiger partial charge in [0.2, 0.25) is 5.91 Å². The molecule has 0 spiro atoms. The predicted octanol–water partition coefficient (Wildman–Crippen LogP) is 1.76. The first kappa shape index (κ1) is 14.4. The molecule has 5 heteroatoms. The zero-order chi connectivity index (χ0) is 13.1. The number of carbonyl (C=O) groups is 1. The van der Waals surface area contributed by atoms with E-state index in [0.717, 1.165) is 17.3 Å². The van der Waals surface area contributed by atoms with Gasteiger partial charge in [0.25, 0.3) is 0 Å². The molecule has 1 fully saturated rings. The lowest BCUT2D eigenvalue weighted by atomic mass is 10.0. The largest absolute Gasteiger partial charge is 0.359 e. The number of rotatable bonds is 3. The maximum atomic E-state index is 11.6. The lowest BCUT2D eigenvalue weighted by molar-refractivity contribution is -0.121. The molecule has 4 nitrogen and oxygen atoms in total. The molecular weight excluding hydrogens is 234 g/mol. The summed E-state index contributed by atoms with van der Waals surface area (Å²) >= 11 is 1.69. The fraction of sp³-hybridized carbons (Fsp3) is 0.833. The Balaban J connectivity index is 2.43. The summed E-state index contributed by atoms with van der Waals surface area (Å²) in [6.07, 6.45) is 1.06. The Morgan fingerprint density at radius 1 is 1.59 bits per heavy atom. The molecule has 1 heterocycles. The summed E-state index contributed by atoms with van der Waals surface area (Å²) in [5.74, 6) is 0.987. The van der Waals surface area contributed by atoms with Crippen molar-refractivity contribution in [2.75, 3.05) is 12.3 Å². The van der Waals surface area contributed by atoms with Crippen molar-refractivity contribution in [1.29, 1.82) is 0 Å². The van der Waals surface area contributed by atoms with E-state index in [1.165, 1.54) is 0 Å². The van der Waals surface area contributed by atoms with Gasteiger partial charge in [-0.15, -0.1) is 0 Å². The molecule has 1 saturated heterocycles. The van der Waals surface area contributed by atoms with Gasteiger partial charge in [-0.25, -0.2) is 0 Å². The Labute approximate surface area is 108 Å². The van der Waals surface area contributed by atoms with Crippen LogP contribution in [-0.4, -0.2) is 34.5 Å². The fourth-order valence-electron chi connectivity index (χ4n) is 1.43. The average Bonchev–Trinajstić information content (AvgIpc) is 2.56. The first-order valence-corrected chi connectivity index (χ1v) is 6.99. The Hall–Kier alpha value is -0.710. The summed E-state index contributed by atoms with van der Waals surface area (Å²) in [5, 5.41) is 7.15. The number of hydrogen-bond donors (Lipinski definition) is 2. The highest BCUT2D eigenvalue weighted by Crippen LogP contribution is 2.25. The molecule has 1 atom stereocenters. The second-order valence-corrected chi connectivity index (χ2v) is 6.71. The second kappa shape index (κ2) is 5.29. The van der Waals surface area contributed by atoms with Crippen molar-refractivity contribution >= 4 is 22.8 Å². The van der Waals surface area contributed by atoms with Crippen LogP contribution in [0.25, 0.3) is 0 Å². The molecule has 0 aromatic heterocycles. The topological polar surface area (TPSA) is 53.5 Å². The van der Waals surface area contributed by atoms with E-state index in [1.54, 1.807) is 11.8 Å². The first-order chi connectivity index (χ1) is 7.74. The van der Waals surface area contributed by atoms with Crippen LogP contribution in [0.5, 0.6) is 0 Å². The van der Waals surface area contributed by atoms with Gasteiger partial charge >= 0.3 is 0 Å². The van der Waals surface area contributed by atoms with Crippen molar-refractivity contribution in [2.24, 2.45) is 4.99 Å². The van der Waals surface area contributed by atoms with Gasteiger partial charge < -0.3 is 10.6 Å². The lowest BCUT2D eigenvalue weighted by Crippen LogP contribution is -2.42. The normalized spacial score (nSPS) is 27.0. The van der Waals surface area contributed by atoms with Crippen LogP contribution in [0.2, 0.25) is 0 Å². The summed E-state index contributed by atoms with van der Waals surface area (Å²) in [5.41, 5.74) is -0.0601. The zero-order valence-corrected chi connectivity index (χ0v) is 12.2. The molecule has 1 aliphatic rings. The van der Waals surface area contributed by atoms with Crippen LogP contribution in [0.1, 0.15) is 41.0 Å². The third-order valence-corrected chi connectivity index (χ3v) is 3.88. The van der Waals surface area contributed by atoms with Gasteiger partial charge in [-0.05, 0) is 34.1 Å². The maximum absolute atomic E-state index is 11.6. The van der Waals surface area contributed by atoms with Crippen LogP contribution in [0, 0.1) is 0 Å². The monoisotopic (exact) mass is 257 g/mol. The number of amidine groups is 1. The Morgan fingerprint density at radius 2 is 2.24 bits per heavy atom. The number of nitrogens with zero attached hydrogens (tertiary/aromatic N) is 1. The van der Waals surface area contributed by atoms with Crippen molar-refractivity contribution in [3.05, 3.63) is 0 Å². The van der Waals surface area contributed by atoms with Crippen LogP contribution in [-0.2, 0) is 4.79 Å². The number of thioether (sulfide) groups is 1. The summed E-state index contributed by atoms with van der Waals surface area (Å²) in [6.45, 7) is 10.4. The minimum absolute atomic E-state index is 0.0301. The third-order valence-electron chi connectivity index (χ3n) is 2.60. The van der Waals surface area contributed by atoms with Gasteiger partial charge in [-0.2, -0.15) is 0 Å². The standard InChI is InChI=1S/C12H23N3OS/c1-6-12(5)8-17-10(15-12)13-7-9(16)14-11(2,3)4/h6-8H2,1-5H3,(H,13,15)(H,14,16). The Kier molecular flexibility index (Phi) is 4.47. The van der Waals surface area contributed by atoms with Crippen molar-refractivity contribution in [3.8, 4) is 0 Å². The molecule has 0 aromatic rings. The molecule has 2 N–H and O–H groups in total. The van der Waals surface area contributed by atoms with E-state index in [9.17, 15) is 4.79 Å². The molecule has 0 aliphatic carbocycles. The van der Waals surface area contributed by atoms with E-state index < -0.39 is 0 Å². The SMILES string of the molecule is CCC1(C)CSC(=NCC(=O)NC(C)(C)C)N1. The van der Waals surface area contributed by atoms with E-state index in [-0.39, 0.29) is 23.5 Å². The van der Waals surface area contributed by atoms with E-state index in [1.807, 2.05) is 20.8 Å². The third kappa shape index (κ3) is 4.98.